The lowest BCUT2D eigenvalue weighted by atomic mass is 9.72. The van der Waals surface area contributed by atoms with Crippen LogP contribution in [0.5, 0.6) is 5.75 Å². The number of benzene rings is 2. The normalized spacial score (nSPS) is 25.3. The molecular weight excluding hydrogens is 865 g/mol. The first-order chi connectivity index (χ1) is 32.4. The monoisotopic (exact) mass is 931 g/mol. The van der Waals surface area contributed by atoms with E-state index in [4.69, 9.17) is 14.5 Å². The third-order valence-electron chi connectivity index (χ3n) is 14.9. The molecule has 4 saturated heterocycles. The van der Waals surface area contributed by atoms with Crippen LogP contribution < -0.4 is 16.1 Å². The number of cyclic esters (lactones) is 1. The van der Waals surface area contributed by atoms with Gasteiger partial charge in [-0.3, -0.25) is 34.0 Å². The van der Waals surface area contributed by atoms with Crippen molar-refractivity contribution in [2.45, 2.75) is 122 Å². The Morgan fingerprint density at radius 1 is 1.07 bits per heavy atom. The van der Waals surface area contributed by atoms with Gasteiger partial charge in [0.1, 0.15) is 29.4 Å². The number of fused-ring (bicyclic) bond motifs is 7. The first kappa shape index (κ1) is 47.2. The van der Waals surface area contributed by atoms with E-state index in [0.29, 0.717) is 57.3 Å². The molecule has 16 heteroatoms. The minimum atomic E-state index is -1.17. The highest BCUT2D eigenvalue weighted by atomic mass is 16.5. The van der Waals surface area contributed by atoms with Gasteiger partial charge in [-0.1, -0.05) is 39.8 Å². The van der Waals surface area contributed by atoms with Crippen LogP contribution in [-0.2, 0) is 52.8 Å². The largest absolute Gasteiger partial charge is 0.508 e. The van der Waals surface area contributed by atoms with Crippen LogP contribution in [-0.4, -0.2) is 129 Å². The molecule has 8 bridgehead atoms. The number of pyridine rings is 1. The van der Waals surface area contributed by atoms with Gasteiger partial charge in [-0.05, 0) is 116 Å². The van der Waals surface area contributed by atoms with Crippen molar-refractivity contribution in [2.24, 2.45) is 17.3 Å². The number of carbonyl (C=O) groups excluding carboxylic acids is 5. The van der Waals surface area contributed by atoms with E-state index >= 15 is 0 Å². The number of nitrogens with zero attached hydrogens (tertiary/aromatic N) is 5. The first-order valence-electron chi connectivity index (χ1n) is 24.3. The fourth-order valence-electron chi connectivity index (χ4n) is 11.4. The number of nitrogens with one attached hydrogen (secondary N) is 3. The molecular formula is C52H66N8O8. The van der Waals surface area contributed by atoms with Crippen molar-refractivity contribution in [2.75, 3.05) is 40.4 Å². The topological polar surface area (TPSA) is 198 Å². The summed E-state index contributed by atoms with van der Waals surface area (Å²) in [5.74, 6) is -1.96. The number of methoxy groups -OCH3 is 1. The molecule has 68 heavy (non-hydrogen) atoms. The number of likely N-dealkylation sites (N-methyl/N-ethyl adjacent to an activating group) is 1. The number of phenolic OH excluding ortho intramolecular Hbond substituents is 1. The van der Waals surface area contributed by atoms with E-state index in [9.17, 15) is 29.1 Å². The predicted octanol–water partition coefficient (Wildman–Crippen LogP) is 4.90. The Morgan fingerprint density at radius 3 is 2.54 bits per heavy atom. The molecule has 2 aromatic carbocycles. The van der Waals surface area contributed by atoms with E-state index in [1.807, 2.05) is 39.0 Å². The highest BCUT2D eigenvalue weighted by molar-refractivity contribution is 5.99. The average molecular weight is 931 g/mol. The average Bonchev–Trinajstić information content (AvgIpc) is 3.90. The van der Waals surface area contributed by atoms with Gasteiger partial charge in [-0.2, -0.15) is 0 Å². The number of esters is 1. The quantitative estimate of drug-likeness (QED) is 0.125. The summed E-state index contributed by atoms with van der Waals surface area (Å²) in [4.78, 5) is 79.4. The standard InChI is InChI=1S/C52H66N8O8/c1-9-58-42-15-14-33-22-37(42)38(45(58)36-12-10-16-53-43(36)30(4)67-8)25-51(5,6)28-68-49(65)39-13-11-17-60(56-39)48(64)40(20-31-18-34(33)21-35(61)19-31)55-46(62)44(29(2)3)57(7)50(66)52-23-32(24-52)27-59(52)47(63)41-26-54-41/h10,12,14-16,18-19,21-22,29-30,32,39-41,44,54,56,61H,9,11,13,17,20,23-28H2,1-8H3,(H,55,62)/t30-,32?,39-,40-,41-,44?,52?/m0/s1. The molecule has 1 saturated carbocycles. The maximum absolute atomic E-state index is 14.8. The summed E-state index contributed by atoms with van der Waals surface area (Å²) in [5.41, 5.74) is 8.58. The lowest BCUT2D eigenvalue weighted by Gasteiger charge is -2.45. The third-order valence-corrected chi connectivity index (χ3v) is 14.9. The number of ether oxygens (including phenoxy) is 2. The van der Waals surface area contributed by atoms with E-state index in [-0.39, 0.29) is 61.1 Å². The molecule has 0 spiro atoms. The minimum absolute atomic E-state index is 0.00864. The van der Waals surface area contributed by atoms with Crippen molar-refractivity contribution < 1.29 is 38.6 Å². The van der Waals surface area contributed by atoms with Crippen LogP contribution >= 0.6 is 0 Å². The van der Waals surface area contributed by atoms with Crippen LogP contribution in [0.3, 0.4) is 0 Å². The highest BCUT2D eigenvalue weighted by Crippen LogP contribution is 2.52. The van der Waals surface area contributed by atoms with E-state index < -0.39 is 46.9 Å². The van der Waals surface area contributed by atoms with Gasteiger partial charge in [0, 0.05) is 74.8 Å². The Kier molecular flexibility index (Phi) is 12.7. The van der Waals surface area contributed by atoms with Crippen molar-refractivity contribution in [3.05, 3.63) is 71.5 Å². The second-order valence-electron chi connectivity index (χ2n) is 20.9. The molecule has 10 rings (SSSR count). The number of aromatic nitrogens is 2. The molecule has 4 N–H and O–H groups in total. The number of hydrogen-bond donors (Lipinski definition) is 4. The minimum Gasteiger partial charge on any atom is -0.508 e. The van der Waals surface area contributed by atoms with E-state index in [1.54, 1.807) is 37.4 Å². The molecule has 1 aliphatic carbocycles. The molecule has 2 aromatic heterocycles. The van der Waals surface area contributed by atoms with Crippen molar-refractivity contribution in [3.8, 4) is 28.1 Å². The highest BCUT2D eigenvalue weighted by Gasteiger charge is 2.64. The van der Waals surface area contributed by atoms with Gasteiger partial charge in [0.15, 0.2) is 0 Å². The Hall–Kier alpha value is -5.84. The molecule has 5 aliphatic heterocycles. The van der Waals surface area contributed by atoms with E-state index in [2.05, 4.69) is 59.6 Å². The van der Waals surface area contributed by atoms with Crippen LogP contribution in [0.15, 0.2) is 54.7 Å². The zero-order chi connectivity index (χ0) is 48.4. The molecule has 6 aliphatic rings. The van der Waals surface area contributed by atoms with E-state index in [0.717, 1.165) is 44.5 Å². The number of rotatable bonds is 10. The van der Waals surface area contributed by atoms with Crippen molar-refractivity contribution >= 4 is 40.5 Å². The maximum atomic E-state index is 14.8. The summed E-state index contributed by atoms with van der Waals surface area (Å²) in [6.07, 6.45) is 4.09. The van der Waals surface area contributed by atoms with Crippen molar-refractivity contribution in [1.82, 2.24) is 40.4 Å². The molecule has 1 unspecified atom stereocenters. The molecule has 4 amide bonds. The zero-order valence-electron chi connectivity index (χ0n) is 40.6. The third kappa shape index (κ3) is 8.63. The number of amides is 4. The van der Waals surface area contributed by atoms with Gasteiger partial charge < -0.3 is 39.6 Å². The summed E-state index contributed by atoms with van der Waals surface area (Å²) in [5, 5.41) is 19.9. The van der Waals surface area contributed by atoms with Crippen LogP contribution in [0.4, 0.5) is 0 Å². The lowest BCUT2D eigenvalue weighted by Crippen LogP contribution is -2.65. The molecule has 5 atom stereocenters. The van der Waals surface area contributed by atoms with Crippen molar-refractivity contribution in [1.29, 1.82) is 0 Å². The van der Waals surface area contributed by atoms with Crippen LogP contribution in [0.2, 0.25) is 0 Å². The molecule has 16 nitrogen and oxygen atoms in total. The summed E-state index contributed by atoms with van der Waals surface area (Å²) < 4.78 is 14.2. The van der Waals surface area contributed by atoms with Crippen LogP contribution in [0.25, 0.3) is 33.3 Å². The zero-order valence-corrected chi connectivity index (χ0v) is 40.6. The van der Waals surface area contributed by atoms with Gasteiger partial charge in [-0.15, -0.1) is 0 Å². The number of hydrazine groups is 1. The van der Waals surface area contributed by atoms with Gasteiger partial charge in [-0.25, -0.2) is 5.43 Å². The number of phenols is 1. The Morgan fingerprint density at radius 2 is 1.84 bits per heavy atom. The van der Waals surface area contributed by atoms with Gasteiger partial charge in [0.05, 0.1) is 30.1 Å². The molecule has 362 valence electrons. The maximum Gasteiger partial charge on any atom is 0.324 e. The predicted molar refractivity (Wildman–Crippen MR) is 256 cm³/mol. The molecule has 4 aromatic rings. The second-order valence-corrected chi connectivity index (χ2v) is 20.9. The SMILES string of the molecule is CCn1c(-c2cccnc2[C@H](C)OC)c2c3cc(ccc31)-c1cc(O)cc(c1)C[C@H](NC(=O)C(C(C)C)N(C)C(=O)C13CC(CN1C(=O)[C@@H]1CN1)C3)C(=O)N1CCC[C@H](N1)C(=O)OCC(C)(C)C2. The van der Waals surface area contributed by atoms with Crippen LogP contribution in [0.1, 0.15) is 90.2 Å². The fourth-order valence-corrected chi connectivity index (χ4v) is 11.4. The number of carbonyl (C=O) groups is 5. The Balaban J connectivity index is 1.11. The summed E-state index contributed by atoms with van der Waals surface area (Å²) in [6, 6.07) is 12.3. The van der Waals surface area contributed by atoms with Gasteiger partial charge in [0.25, 0.3) is 5.91 Å². The summed E-state index contributed by atoms with van der Waals surface area (Å²) in [6.45, 7) is 14.1. The van der Waals surface area contributed by atoms with Crippen LogP contribution in [0, 0.1) is 17.3 Å². The molecule has 0 radical (unpaired) electrons. The van der Waals surface area contributed by atoms with E-state index in [1.165, 1.54) is 9.91 Å². The Labute approximate surface area is 398 Å². The smallest absolute Gasteiger partial charge is 0.324 e. The summed E-state index contributed by atoms with van der Waals surface area (Å²) >= 11 is 0. The lowest BCUT2D eigenvalue weighted by molar-refractivity contribution is -0.157. The van der Waals surface area contributed by atoms with Gasteiger partial charge in [0.2, 0.25) is 17.7 Å². The molecule has 7 heterocycles. The first-order valence-corrected chi connectivity index (χ1v) is 24.3. The van der Waals surface area contributed by atoms with Gasteiger partial charge >= 0.3 is 5.97 Å². The van der Waals surface area contributed by atoms with Crippen molar-refractivity contribution in [3.63, 3.8) is 0 Å². The number of aromatic hydroxyl groups is 1. The number of hydrogen-bond acceptors (Lipinski definition) is 11. The second kappa shape index (κ2) is 18.2. The molecule has 5 fully saturated rings. The summed E-state index contributed by atoms with van der Waals surface area (Å²) in [7, 11) is 3.28. The Bertz CT molecular complexity index is 2650. The fraction of sp³-hybridized carbons (Fsp3) is 0.538. The number of aryl methyl sites for hydroxylation is 1.